The lowest BCUT2D eigenvalue weighted by atomic mass is 10.1. The van der Waals surface area contributed by atoms with Crippen molar-refractivity contribution in [3.05, 3.63) is 42.1 Å². The first-order chi connectivity index (χ1) is 11.0. The standard InChI is InChI=1S/C19H26N4O/c1-18(2,3)22-15-12-14(17(24)23-19(4,5)6)20-16(21-15)13-10-8-7-9-11-13/h7-12H,1-6H3,(H,23,24)(H,20,21,22). The molecule has 0 spiro atoms. The molecule has 1 aromatic heterocycles. The third kappa shape index (κ3) is 5.33. The SMILES string of the molecule is CC(C)(C)NC(=O)c1cc(NC(C)(C)C)nc(-c2ccccc2)n1. The van der Waals surface area contributed by atoms with Gasteiger partial charge < -0.3 is 10.6 Å². The highest BCUT2D eigenvalue weighted by Crippen LogP contribution is 2.20. The lowest BCUT2D eigenvalue weighted by molar-refractivity contribution is 0.0914. The second kappa shape index (κ2) is 6.59. The van der Waals surface area contributed by atoms with E-state index in [9.17, 15) is 4.79 Å². The summed E-state index contributed by atoms with van der Waals surface area (Å²) < 4.78 is 0. The average molecular weight is 326 g/mol. The average Bonchev–Trinajstić information content (AvgIpc) is 2.44. The number of carbonyl (C=O) groups is 1. The highest BCUT2D eigenvalue weighted by Gasteiger charge is 2.20. The smallest absolute Gasteiger partial charge is 0.270 e. The molecule has 0 unspecified atom stereocenters. The summed E-state index contributed by atoms with van der Waals surface area (Å²) in [5, 5.41) is 6.27. The van der Waals surface area contributed by atoms with Crippen LogP contribution in [-0.4, -0.2) is 27.0 Å². The summed E-state index contributed by atoms with van der Waals surface area (Å²) >= 11 is 0. The largest absolute Gasteiger partial charge is 0.365 e. The van der Waals surface area contributed by atoms with Crippen LogP contribution in [0.3, 0.4) is 0 Å². The molecule has 0 fully saturated rings. The molecule has 2 aromatic rings. The molecule has 0 radical (unpaired) electrons. The van der Waals surface area contributed by atoms with Crippen molar-refractivity contribution < 1.29 is 4.79 Å². The van der Waals surface area contributed by atoms with E-state index in [2.05, 4.69) is 20.6 Å². The quantitative estimate of drug-likeness (QED) is 0.898. The van der Waals surface area contributed by atoms with Gasteiger partial charge in [0, 0.05) is 22.7 Å². The Kier molecular flexibility index (Phi) is 4.92. The predicted molar refractivity (Wildman–Crippen MR) is 98.1 cm³/mol. The van der Waals surface area contributed by atoms with E-state index in [0.717, 1.165) is 5.56 Å². The summed E-state index contributed by atoms with van der Waals surface area (Å²) in [6.45, 7) is 12.0. The number of rotatable bonds is 3. The van der Waals surface area contributed by atoms with Crippen molar-refractivity contribution in [1.82, 2.24) is 15.3 Å². The maximum absolute atomic E-state index is 12.5. The van der Waals surface area contributed by atoms with Gasteiger partial charge in [-0.3, -0.25) is 4.79 Å². The van der Waals surface area contributed by atoms with Crippen molar-refractivity contribution in [3.63, 3.8) is 0 Å². The summed E-state index contributed by atoms with van der Waals surface area (Å²) in [5.41, 5.74) is 0.734. The van der Waals surface area contributed by atoms with Crippen LogP contribution >= 0.6 is 0 Å². The van der Waals surface area contributed by atoms with E-state index in [0.29, 0.717) is 17.3 Å². The van der Waals surface area contributed by atoms with Crippen LogP contribution in [0.15, 0.2) is 36.4 Å². The Morgan fingerprint density at radius 1 is 0.917 bits per heavy atom. The van der Waals surface area contributed by atoms with Crippen molar-refractivity contribution in [2.24, 2.45) is 0 Å². The lowest BCUT2D eigenvalue weighted by Crippen LogP contribution is -2.41. The van der Waals surface area contributed by atoms with Gasteiger partial charge in [0.1, 0.15) is 11.5 Å². The topological polar surface area (TPSA) is 66.9 Å². The summed E-state index contributed by atoms with van der Waals surface area (Å²) in [6, 6.07) is 11.4. The Morgan fingerprint density at radius 2 is 1.54 bits per heavy atom. The van der Waals surface area contributed by atoms with Crippen LogP contribution in [0.1, 0.15) is 52.0 Å². The van der Waals surface area contributed by atoms with Gasteiger partial charge in [-0.05, 0) is 41.5 Å². The van der Waals surface area contributed by atoms with E-state index in [1.165, 1.54) is 0 Å². The van der Waals surface area contributed by atoms with Gasteiger partial charge >= 0.3 is 0 Å². The third-order valence-corrected chi connectivity index (χ3v) is 2.98. The van der Waals surface area contributed by atoms with Crippen molar-refractivity contribution >= 4 is 11.7 Å². The number of nitrogens with one attached hydrogen (secondary N) is 2. The van der Waals surface area contributed by atoms with E-state index in [1.54, 1.807) is 6.07 Å². The molecule has 0 bridgehead atoms. The van der Waals surface area contributed by atoms with E-state index in [-0.39, 0.29) is 17.0 Å². The highest BCUT2D eigenvalue weighted by atomic mass is 16.2. The Hall–Kier alpha value is -2.43. The molecule has 0 aliphatic rings. The summed E-state index contributed by atoms with van der Waals surface area (Å²) in [5.74, 6) is 0.957. The number of nitrogens with zero attached hydrogens (tertiary/aromatic N) is 2. The monoisotopic (exact) mass is 326 g/mol. The fourth-order valence-corrected chi connectivity index (χ4v) is 2.13. The zero-order valence-electron chi connectivity index (χ0n) is 15.3. The van der Waals surface area contributed by atoms with Crippen LogP contribution in [-0.2, 0) is 0 Å². The molecular weight excluding hydrogens is 300 g/mol. The van der Waals surface area contributed by atoms with Gasteiger partial charge in [-0.1, -0.05) is 30.3 Å². The third-order valence-electron chi connectivity index (χ3n) is 2.98. The van der Waals surface area contributed by atoms with Crippen LogP contribution in [0.5, 0.6) is 0 Å². The lowest BCUT2D eigenvalue weighted by Gasteiger charge is -2.23. The minimum absolute atomic E-state index is 0.167. The summed E-state index contributed by atoms with van der Waals surface area (Å²) in [4.78, 5) is 21.6. The second-order valence-electron chi connectivity index (χ2n) is 7.91. The van der Waals surface area contributed by atoms with Crippen molar-refractivity contribution in [2.75, 3.05) is 5.32 Å². The highest BCUT2D eigenvalue weighted by molar-refractivity contribution is 5.93. The number of amides is 1. The zero-order chi connectivity index (χ0) is 18.0. The van der Waals surface area contributed by atoms with Crippen LogP contribution in [0.4, 0.5) is 5.82 Å². The first-order valence-corrected chi connectivity index (χ1v) is 8.09. The first-order valence-electron chi connectivity index (χ1n) is 8.09. The van der Waals surface area contributed by atoms with Crippen molar-refractivity contribution in [1.29, 1.82) is 0 Å². The minimum Gasteiger partial charge on any atom is -0.365 e. The molecule has 2 N–H and O–H groups in total. The Labute approximate surface area is 143 Å². The van der Waals surface area contributed by atoms with Crippen LogP contribution < -0.4 is 10.6 Å². The van der Waals surface area contributed by atoms with Crippen LogP contribution in [0.2, 0.25) is 0 Å². The molecule has 0 saturated carbocycles. The number of aromatic nitrogens is 2. The molecule has 0 aliphatic carbocycles. The molecule has 1 heterocycles. The number of anilines is 1. The molecule has 5 nitrogen and oxygen atoms in total. The van der Waals surface area contributed by atoms with Crippen LogP contribution in [0.25, 0.3) is 11.4 Å². The van der Waals surface area contributed by atoms with Gasteiger partial charge in [0.25, 0.3) is 5.91 Å². The number of carbonyl (C=O) groups excluding carboxylic acids is 1. The zero-order valence-corrected chi connectivity index (χ0v) is 15.3. The Bertz CT molecular complexity index is 712. The molecule has 24 heavy (non-hydrogen) atoms. The van der Waals surface area contributed by atoms with Gasteiger partial charge in [-0.25, -0.2) is 9.97 Å². The molecule has 128 valence electrons. The van der Waals surface area contributed by atoms with Gasteiger partial charge in [0.15, 0.2) is 5.82 Å². The van der Waals surface area contributed by atoms with Gasteiger partial charge in [-0.2, -0.15) is 0 Å². The van der Waals surface area contributed by atoms with Crippen molar-refractivity contribution in [2.45, 2.75) is 52.6 Å². The fourth-order valence-electron chi connectivity index (χ4n) is 2.13. The van der Waals surface area contributed by atoms with E-state index in [1.807, 2.05) is 71.9 Å². The Balaban J connectivity index is 2.46. The maximum atomic E-state index is 12.5. The first kappa shape index (κ1) is 17.9. The van der Waals surface area contributed by atoms with Gasteiger partial charge in [0.05, 0.1) is 0 Å². The fraction of sp³-hybridized carbons (Fsp3) is 0.421. The molecule has 1 aromatic carbocycles. The number of hydrogen-bond donors (Lipinski definition) is 2. The van der Waals surface area contributed by atoms with E-state index < -0.39 is 0 Å². The van der Waals surface area contributed by atoms with Gasteiger partial charge in [0.2, 0.25) is 0 Å². The van der Waals surface area contributed by atoms with E-state index in [4.69, 9.17) is 0 Å². The second-order valence-corrected chi connectivity index (χ2v) is 7.91. The molecule has 0 atom stereocenters. The van der Waals surface area contributed by atoms with E-state index >= 15 is 0 Å². The van der Waals surface area contributed by atoms with Crippen molar-refractivity contribution in [3.8, 4) is 11.4 Å². The maximum Gasteiger partial charge on any atom is 0.270 e. The van der Waals surface area contributed by atoms with Gasteiger partial charge in [-0.15, -0.1) is 0 Å². The predicted octanol–water partition coefficient (Wildman–Crippen LogP) is 3.88. The minimum atomic E-state index is -0.327. The molecular formula is C19H26N4O. The summed E-state index contributed by atoms with van der Waals surface area (Å²) in [7, 11) is 0. The number of hydrogen-bond acceptors (Lipinski definition) is 4. The summed E-state index contributed by atoms with van der Waals surface area (Å²) in [6.07, 6.45) is 0. The molecule has 0 saturated heterocycles. The normalized spacial score (nSPS) is 11.9. The Morgan fingerprint density at radius 3 is 2.08 bits per heavy atom. The molecule has 1 amide bonds. The van der Waals surface area contributed by atoms with Crippen LogP contribution in [0, 0.1) is 0 Å². The molecule has 0 aliphatic heterocycles. The molecule has 2 rings (SSSR count). The number of benzene rings is 1. The molecule has 5 heteroatoms.